The van der Waals surface area contributed by atoms with Gasteiger partial charge in [-0.3, -0.25) is 4.98 Å². The van der Waals surface area contributed by atoms with E-state index >= 15 is 0 Å². The Balaban J connectivity index is 2.09. The van der Waals surface area contributed by atoms with Crippen molar-refractivity contribution in [2.45, 2.75) is 32.3 Å². The second-order valence-electron chi connectivity index (χ2n) is 7.98. The molecule has 1 fully saturated rings. The number of aliphatic hydroxyl groups is 1. The Morgan fingerprint density at radius 1 is 0.929 bits per heavy atom. The van der Waals surface area contributed by atoms with Crippen LogP contribution in [0.25, 0.3) is 22.3 Å². The van der Waals surface area contributed by atoms with Crippen molar-refractivity contribution in [1.29, 1.82) is 0 Å². The molecule has 0 atom stereocenters. The first-order valence-electron chi connectivity index (χ1n) is 9.74. The van der Waals surface area contributed by atoms with E-state index in [1.54, 1.807) is 38.4 Å². The van der Waals surface area contributed by atoms with E-state index in [1.807, 2.05) is 19.2 Å². The van der Waals surface area contributed by atoms with Crippen molar-refractivity contribution < 1.29 is 9.50 Å². The molecule has 4 rings (SSSR count). The standard InChI is InChI=1S/C23H26FN3O/c1-23(2,28)21-19(16-6-8-18(24)9-7-16)20(17-10-12-25-13-11-17)22(26(21)3)27-14-4-5-15-27/h6-13,28H,4-5,14-15H2,1-3H3. The van der Waals surface area contributed by atoms with Crippen LogP contribution in [0, 0.1) is 5.82 Å². The van der Waals surface area contributed by atoms with E-state index in [2.05, 4.69) is 14.5 Å². The molecule has 0 bridgehead atoms. The SMILES string of the molecule is Cn1c(N2CCCC2)c(-c2ccncc2)c(-c2ccc(F)cc2)c1C(C)(C)O. The van der Waals surface area contributed by atoms with Crippen molar-refractivity contribution in [1.82, 2.24) is 9.55 Å². The highest BCUT2D eigenvalue weighted by Gasteiger charge is 2.33. The van der Waals surface area contributed by atoms with Gasteiger partial charge >= 0.3 is 0 Å². The molecule has 146 valence electrons. The Morgan fingerprint density at radius 3 is 2.07 bits per heavy atom. The molecule has 5 heteroatoms. The maximum absolute atomic E-state index is 13.6. The number of benzene rings is 1. The van der Waals surface area contributed by atoms with Gasteiger partial charge in [0.25, 0.3) is 0 Å². The number of rotatable bonds is 4. The Bertz CT molecular complexity index is 966. The van der Waals surface area contributed by atoms with Gasteiger partial charge in [0.2, 0.25) is 0 Å². The third-order valence-electron chi connectivity index (χ3n) is 5.45. The Hall–Kier alpha value is -2.66. The maximum Gasteiger partial charge on any atom is 0.123 e. The molecule has 1 aliphatic rings. The summed E-state index contributed by atoms with van der Waals surface area (Å²) in [6, 6.07) is 10.5. The lowest BCUT2D eigenvalue weighted by atomic mass is 9.91. The molecule has 1 aromatic carbocycles. The van der Waals surface area contributed by atoms with E-state index in [4.69, 9.17) is 0 Å². The first-order chi connectivity index (χ1) is 13.4. The number of halogens is 1. The minimum atomic E-state index is -1.06. The summed E-state index contributed by atoms with van der Waals surface area (Å²) in [4.78, 5) is 6.56. The van der Waals surface area contributed by atoms with E-state index in [0.717, 1.165) is 59.7 Å². The smallest absolute Gasteiger partial charge is 0.123 e. The van der Waals surface area contributed by atoms with Crippen molar-refractivity contribution in [3.63, 3.8) is 0 Å². The predicted octanol–water partition coefficient (Wildman–Crippen LogP) is 4.72. The third-order valence-corrected chi connectivity index (χ3v) is 5.45. The molecule has 3 heterocycles. The fourth-order valence-electron chi connectivity index (χ4n) is 4.38. The highest BCUT2D eigenvalue weighted by atomic mass is 19.1. The zero-order valence-corrected chi connectivity index (χ0v) is 16.6. The van der Waals surface area contributed by atoms with Gasteiger partial charge in [-0.2, -0.15) is 0 Å². The summed E-state index contributed by atoms with van der Waals surface area (Å²) in [6.45, 7) is 5.59. The highest BCUT2D eigenvalue weighted by Crippen LogP contribution is 2.47. The number of nitrogens with zero attached hydrogens (tertiary/aromatic N) is 3. The minimum Gasteiger partial charge on any atom is -0.384 e. The molecule has 0 aliphatic carbocycles. The highest BCUT2D eigenvalue weighted by molar-refractivity contribution is 5.94. The van der Waals surface area contributed by atoms with Gasteiger partial charge in [-0.05, 0) is 62.1 Å². The number of hydrogen-bond donors (Lipinski definition) is 1. The second-order valence-corrected chi connectivity index (χ2v) is 7.98. The molecule has 1 saturated heterocycles. The largest absolute Gasteiger partial charge is 0.384 e. The molecule has 0 amide bonds. The van der Waals surface area contributed by atoms with Crippen LogP contribution < -0.4 is 4.90 Å². The molecule has 0 unspecified atom stereocenters. The van der Waals surface area contributed by atoms with Gasteiger partial charge in [0.1, 0.15) is 11.6 Å². The van der Waals surface area contributed by atoms with Crippen LogP contribution in [-0.4, -0.2) is 27.7 Å². The van der Waals surface area contributed by atoms with E-state index in [9.17, 15) is 9.50 Å². The van der Waals surface area contributed by atoms with E-state index in [-0.39, 0.29) is 5.82 Å². The van der Waals surface area contributed by atoms with Gasteiger partial charge in [-0.1, -0.05) is 12.1 Å². The maximum atomic E-state index is 13.6. The van der Waals surface area contributed by atoms with Crippen LogP contribution in [0.4, 0.5) is 10.2 Å². The fourth-order valence-corrected chi connectivity index (χ4v) is 4.38. The Morgan fingerprint density at radius 2 is 1.50 bits per heavy atom. The van der Waals surface area contributed by atoms with Crippen LogP contribution in [0.1, 0.15) is 32.4 Å². The van der Waals surface area contributed by atoms with Crippen molar-refractivity contribution >= 4 is 5.82 Å². The molecule has 3 aromatic rings. The summed E-state index contributed by atoms with van der Waals surface area (Å²) >= 11 is 0. The lowest BCUT2D eigenvalue weighted by Crippen LogP contribution is -2.25. The van der Waals surface area contributed by atoms with E-state index in [0.29, 0.717) is 0 Å². The normalized spacial score (nSPS) is 14.7. The van der Waals surface area contributed by atoms with Crippen LogP contribution >= 0.6 is 0 Å². The second kappa shape index (κ2) is 7.06. The average molecular weight is 379 g/mol. The van der Waals surface area contributed by atoms with E-state index in [1.165, 1.54) is 12.1 Å². The third kappa shape index (κ3) is 3.20. The van der Waals surface area contributed by atoms with Gasteiger partial charge in [0, 0.05) is 43.7 Å². The zero-order chi connectivity index (χ0) is 19.9. The van der Waals surface area contributed by atoms with Gasteiger partial charge < -0.3 is 14.6 Å². The minimum absolute atomic E-state index is 0.269. The lowest BCUT2D eigenvalue weighted by molar-refractivity contribution is 0.0715. The Labute approximate surface area is 165 Å². The van der Waals surface area contributed by atoms with Crippen LogP contribution in [-0.2, 0) is 12.6 Å². The molecule has 0 radical (unpaired) electrons. The van der Waals surface area contributed by atoms with Crippen molar-refractivity contribution in [2.75, 3.05) is 18.0 Å². The number of pyridine rings is 1. The quantitative estimate of drug-likeness (QED) is 0.713. The molecular weight excluding hydrogens is 353 g/mol. The molecule has 2 aromatic heterocycles. The summed E-state index contributed by atoms with van der Waals surface area (Å²) in [5.41, 5.74) is 3.72. The van der Waals surface area contributed by atoms with Gasteiger partial charge in [-0.25, -0.2) is 4.39 Å². The molecule has 1 N–H and O–H groups in total. The van der Waals surface area contributed by atoms with Crippen LogP contribution in [0.15, 0.2) is 48.8 Å². The monoisotopic (exact) mass is 379 g/mol. The fraction of sp³-hybridized carbons (Fsp3) is 0.348. The van der Waals surface area contributed by atoms with Gasteiger partial charge in [0.15, 0.2) is 0 Å². The Kier molecular flexibility index (Phi) is 4.71. The summed E-state index contributed by atoms with van der Waals surface area (Å²) in [7, 11) is 2.01. The van der Waals surface area contributed by atoms with E-state index < -0.39 is 5.60 Å². The summed E-state index contributed by atoms with van der Waals surface area (Å²) < 4.78 is 15.7. The molecule has 0 saturated carbocycles. The summed E-state index contributed by atoms with van der Waals surface area (Å²) in [5, 5.41) is 11.1. The number of hydrogen-bond acceptors (Lipinski definition) is 3. The topological polar surface area (TPSA) is 41.3 Å². The average Bonchev–Trinajstić information content (AvgIpc) is 3.28. The molecule has 4 nitrogen and oxygen atoms in total. The first kappa shape index (κ1) is 18.7. The van der Waals surface area contributed by atoms with Crippen molar-refractivity contribution in [2.24, 2.45) is 7.05 Å². The number of anilines is 1. The first-order valence-corrected chi connectivity index (χ1v) is 9.74. The van der Waals surface area contributed by atoms with Crippen molar-refractivity contribution in [3.05, 3.63) is 60.3 Å². The number of aromatic nitrogens is 2. The van der Waals surface area contributed by atoms with Crippen LogP contribution in [0.5, 0.6) is 0 Å². The van der Waals surface area contributed by atoms with Crippen LogP contribution in [0.3, 0.4) is 0 Å². The molecule has 1 aliphatic heterocycles. The predicted molar refractivity (Wildman–Crippen MR) is 111 cm³/mol. The van der Waals surface area contributed by atoms with Gasteiger partial charge in [0.05, 0.1) is 11.3 Å². The summed E-state index contributed by atoms with van der Waals surface area (Å²) in [5.74, 6) is 0.829. The van der Waals surface area contributed by atoms with Crippen molar-refractivity contribution in [3.8, 4) is 22.3 Å². The summed E-state index contributed by atoms with van der Waals surface area (Å²) in [6.07, 6.45) is 5.89. The van der Waals surface area contributed by atoms with Crippen LogP contribution in [0.2, 0.25) is 0 Å². The van der Waals surface area contributed by atoms with Gasteiger partial charge in [-0.15, -0.1) is 0 Å². The lowest BCUT2D eigenvalue weighted by Gasteiger charge is -2.24. The molecular formula is C23H26FN3O. The zero-order valence-electron chi connectivity index (χ0n) is 16.6. The molecule has 28 heavy (non-hydrogen) atoms. The molecule has 0 spiro atoms.